The second-order valence-electron chi connectivity index (χ2n) is 3.39. The number of alkyl halides is 1. The van der Waals surface area contributed by atoms with E-state index in [2.05, 4.69) is 13.8 Å². The third kappa shape index (κ3) is 3.31. The van der Waals surface area contributed by atoms with E-state index in [9.17, 15) is 4.39 Å². The summed E-state index contributed by atoms with van der Waals surface area (Å²) in [5.74, 6) is 0. The number of hydrogen-bond donors (Lipinski definition) is 1. The van der Waals surface area contributed by atoms with Crippen LogP contribution in [0.3, 0.4) is 0 Å². The van der Waals surface area contributed by atoms with E-state index in [-0.39, 0.29) is 0 Å². The first kappa shape index (κ1) is 11.5. The van der Waals surface area contributed by atoms with Gasteiger partial charge in [0, 0.05) is 10.1 Å². The van der Waals surface area contributed by atoms with Gasteiger partial charge in [0.2, 0.25) is 0 Å². The number of benzene rings is 1. The van der Waals surface area contributed by atoms with E-state index in [0.717, 1.165) is 4.90 Å². The Morgan fingerprint density at radius 2 is 1.86 bits per heavy atom. The van der Waals surface area contributed by atoms with Crippen molar-refractivity contribution in [1.82, 2.24) is 0 Å². The predicted octanol–water partition coefficient (Wildman–Crippen LogP) is 3.19. The Balaban J connectivity index is 2.68. The Bertz CT molecular complexity index is 271. The maximum Gasteiger partial charge on any atom is 0.148 e. The van der Waals surface area contributed by atoms with Gasteiger partial charge in [-0.2, -0.15) is 0 Å². The quantitative estimate of drug-likeness (QED) is 0.777. The van der Waals surface area contributed by atoms with Crippen molar-refractivity contribution in [2.75, 3.05) is 6.61 Å². The Morgan fingerprint density at radius 1 is 1.29 bits per heavy atom. The maximum atomic E-state index is 13.0. The van der Waals surface area contributed by atoms with Gasteiger partial charge in [0.1, 0.15) is 6.17 Å². The molecule has 0 fully saturated rings. The fourth-order valence-corrected chi connectivity index (χ4v) is 1.97. The molecule has 14 heavy (non-hydrogen) atoms. The van der Waals surface area contributed by atoms with Crippen LogP contribution in [-0.4, -0.2) is 17.0 Å². The van der Waals surface area contributed by atoms with Crippen LogP contribution in [0.1, 0.15) is 25.6 Å². The molecule has 0 saturated carbocycles. The Morgan fingerprint density at radius 3 is 2.29 bits per heavy atom. The maximum absolute atomic E-state index is 13.0. The number of rotatable bonds is 4. The van der Waals surface area contributed by atoms with Gasteiger partial charge in [-0.3, -0.25) is 0 Å². The fourth-order valence-electron chi connectivity index (χ4n) is 1.13. The molecule has 1 nitrogen and oxygen atoms in total. The first-order valence-electron chi connectivity index (χ1n) is 4.65. The number of aliphatic hydroxyl groups excluding tert-OH is 1. The van der Waals surface area contributed by atoms with Gasteiger partial charge in [0.05, 0.1) is 6.61 Å². The lowest BCUT2D eigenvalue weighted by atomic mass is 10.1. The molecule has 1 N–H and O–H groups in total. The lowest BCUT2D eigenvalue weighted by Gasteiger charge is -2.07. The Hall–Kier alpha value is -0.540. The van der Waals surface area contributed by atoms with Gasteiger partial charge >= 0.3 is 0 Å². The van der Waals surface area contributed by atoms with E-state index < -0.39 is 12.8 Å². The third-order valence-electron chi connectivity index (χ3n) is 1.77. The average Bonchev–Trinajstić information content (AvgIpc) is 2.17. The molecule has 0 aromatic heterocycles. The lowest BCUT2D eigenvalue weighted by Crippen LogP contribution is -1.96. The van der Waals surface area contributed by atoms with Gasteiger partial charge in [0.25, 0.3) is 0 Å². The fraction of sp³-hybridized carbons (Fsp3) is 0.455. The summed E-state index contributed by atoms with van der Waals surface area (Å²) in [5, 5.41) is 9.15. The highest BCUT2D eigenvalue weighted by Gasteiger charge is 2.07. The van der Waals surface area contributed by atoms with Gasteiger partial charge in [0.15, 0.2) is 0 Å². The van der Waals surface area contributed by atoms with Crippen molar-refractivity contribution in [2.45, 2.75) is 30.2 Å². The summed E-state index contributed by atoms with van der Waals surface area (Å²) >= 11 is 1.74. The standard InChI is InChI=1S/C11H15FOS/c1-8(2)14-10-5-3-9(4-6-10)11(12)7-13/h3-6,8,11,13H,7H2,1-2H3. The molecule has 0 aliphatic rings. The normalized spacial score (nSPS) is 13.2. The molecule has 0 aliphatic heterocycles. The van der Waals surface area contributed by atoms with Crippen molar-refractivity contribution in [1.29, 1.82) is 0 Å². The lowest BCUT2D eigenvalue weighted by molar-refractivity contribution is 0.180. The first-order chi connectivity index (χ1) is 6.63. The van der Waals surface area contributed by atoms with Crippen LogP contribution in [0.4, 0.5) is 4.39 Å². The van der Waals surface area contributed by atoms with Crippen LogP contribution in [0.5, 0.6) is 0 Å². The van der Waals surface area contributed by atoms with Crippen LogP contribution in [0.15, 0.2) is 29.2 Å². The van der Waals surface area contributed by atoms with Gasteiger partial charge in [-0.1, -0.05) is 26.0 Å². The molecule has 0 heterocycles. The second-order valence-corrected chi connectivity index (χ2v) is 5.04. The molecule has 1 unspecified atom stereocenters. The summed E-state index contributed by atoms with van der Waals surface area (Å²) in [6, 6.07) is 7.24. The smallest absolute Gasteiger partial charge is 0.148 e. The van der Waals surface area contributed by atoms with Crippen LogP contribution in [-0.2, 0) is 0 Å². The number of hydrogen-bond acceptors (Lipinski definition) is 2. The Kier molecular flexibility index (Phi) is 4.42. The average molecular weight is 214 g/mol. The molecule has 1 atom stereocenters. The molecule has 78 valence electrons. The van der Waals surface area contributed by atoms with Crippen molar-refractivity contribution >= 4 is 11.8 Å². The molecule has 0 amide bonds. The topological polar surface area (TPSA) is 20.2 Å². The zero-order valence-corrected chi connectivity index (χ0v) is 9.22. The molecule has 1 aromatic rings. The molecule has 0 spiro atoms. The molecular formula is C11H15FOS. The van der Waals surface area contributed by atoms with E-state index in [1.807, 2.05) is 12.1 Å². The highest BCUT2D eigenvalue weighted by Crippen LogP contribution is 2.25. The number of halogens is 1. The monoisotopic (exact) mass is 214 g/mol. The summed E-state index contributed by atoms with van der Waals surface area (Å²) < 4.78 is 13.0. The van der Waals surface area contributed by atoms with Gasteiger partial charge in [-0.15, -0.1) is 11.8 Å². The number of aliphatic hydroxyl groups is 1. The highest BCUT2D eigenvalue weighted by atomic mass is 32.2. The van der Waals surface area contributed by atoms with E-state index in [1.54, 1.807) is 23.9 Å². The summed E-state index contributed by atoms with van der Waals surface area (Å²) in [6.07, 6.45) is -1.26. The molecule has 3 heteroatoms. The van der Waals surface area contributed by atoms with Gasteiger partial charge in [-0.05, 0) is 17.7 Å². The number of thioether (sulfide) groups is 1. The third-order valence-corrected chi connectivity index (χ3v) is 2.79. The van der Waals surface area contributed by atoms with Crippen molar-refractivity contribution in [3.63, 3.8) is 0 Å². The van der Waals surface area contributed by atoms with Gasteiger partial charge < -0.3 is 5.11 Å². The Labute approximate surface area is 88.3 Å². The summed E-state index contributed by atoms with van der Waals surface area (Å²) in [7, 11) is 0. The van der Waals surface area contributed by atoms with Crippen molar-refractivity contribution in [2.24, 2.45) is 0 Å². The SMILES string of the molecule is CC(C)Sc1ccc(C(F)CO)cc1. The minimum Gasteiger partial charge on any atom is -0.393 e. The van der Waals surface area contributed by atoms with E-state index >= 15 is 0 Å². The van der Waals surface area contributed by atoms with E-state index in [4.69, 9.17) is 5.11 Å². The van der Waals surface area contributed by atoms with Gasteiger partial charge in [-0.25, -0.2) is 4.39 Å². The van der Waals surface area contributed by atoms with E-state index in [1.165, 1.54) is 0 Å². The molecule has 1 aromatic carbocycles. The van der Waals surface area contributed by atoms with Crippen LogP contribution < -0.4 is 0 Å². The van der Waals surface area contributed by atoms with Crippen LogP contribution in [0.25, 0.3) is 0 Å². The highest BCUT2D eigenvalue weighted by molar-refractivity contribution is 7.99. The van der Waals surface area contributed by atoms with Crippen molar-refractivity contribution < 1.29 is 9.50 Å². The second kappa shape index (κ2) is 5.37. The summed E-state index contributed by atoms with van der Waals surface area (Å²) in [6.45, 7) is 3.78. The van der Waals surface area contributed by atoms with Crippen molar-refractivity contribution in [3.05, 3.63) is 29.8 Å². The largest absolute Gasteiger partial charge is 0.393 e. The van der Waals surface area contributed by atoms with Crippen LogP contribution >= 0.6 is 11.8 Å². The molecule has 0 saturated heterocycles. The van der Waals surface area contributed by atoms with E-state index in [0.29, 0.717) is 10.8 Å². The minimum atomic E-state index is -1.26. The molecule has 0 radical (unpaired) electrons. The minimum absolute atomic E-state index is 0.448. The zero-order valence-electron chi connectivity index (χ0n) is 8.40. The summed E-state index contributed by atoms with van der Waals surface area (Å²) in [4.78, 5) is 1.13. The first-order valence-corrected chi connectivity index (χ1v) is 5.53. The van der Waals surface area contributed by atoms with Crippen molar-refractivity contribution in [3.8, 4) is 0 Å². The summed E-state index contributed by atoms with van der Waals surface area (Å²) in [5.41, 5.74) is 0.542. The molecular weight excluding hydrogens is 199 g/mol. The predicted molar refractivity (Wildman–Crippen MR) is 58.4 cm³/mol. The molecule has 0 bridgehead atoms. The van der Waals surface area contributed by atoms with Crippen LogP contribution in [0.2, 0.25) is 0 Å². The zero-order chi connectivity index (χ0) is 10.6. The van der Waals surface area contributed by atoms with Crippen LogP contribution in [0, 0.1) is 0 Å². The molecule has 1 rings (SSSR count). The molecule has 0 aliphatic carbocycles.